The Morgan fingerprint density at radius 3 is 2.48 bits per heavy atom. The summed E-state index contributed by atoms with van der Waals surface area (Å²) in [6, 6.07) is 3.43. The van der Waals surface area contributed by atoms with E-state index in [0.717, 1.165) is 16.7 Å². The van der Waals surface area contributed by atoms with Gasteiger partial charge in [-0.25, -0.2) is 0 Å². The van der Waals surface area contributed by atoms with Gasteiger partial charge in [-0.2, -0.15) is 0 Å². The predicted octanol–water partition coefficient (Wildman–Crippen LogP) is -1.22. The van der Waals surface area contributed by atoms with Gasteiger partial charge in [0.1, 0.15) is 5.76 Å². The van der Waals surface area contributed by atoms with Gasteiger partial charge in [0.25, 0.3) is 0 Å². The van der Waals surface area contributed by atoms with Crippen molar-refractivity contribution in [2.45, 2.75) is 26.7 Å². The monoisotopic (exact) mass is 298 g/mol. The van der Waals surface area contributed by atoms with Crippen LogP contribution < -0.4 is 39.4 Å². The SMILES string of the molecule is COc1c(C(=O)CCC(=O)[O-])ccc2c(C)c(C)oc12.[Na+]. The minimum atomic E-state index is -1.25. The Bertz CT molecular complexity index is 687. The van der Waals surface area contributed by atoms with Crippen molar-refractivity contribution in [2.24, 2.45) is 0 Å². The molecule has 0 fully saturated rings. The minimum absolute atomic E-state index is 0. The number of Topliss-reactive ketones (excluding diaryl/α,β-unsaturated/α-hetero) is 1. The fourth-order valence-corrected chi connectivity index (χ4v) is 2.15. The second-order valence-corrected chi connectivity index (χ2v) is 4.60. The molecule has 21 heavy (non-hydrogen) atoms. The number of benzene rings is 1. The smallest absolute Gasteiger partial charge is 0.550 e. The Labute approximate surface area is 144 Å². The molecule has 0 aliphatic rings. The van der Waals surface area contributed by atoms with Crippen molar-refractivity contribution in [1.29, 1.82) is 0 Å². The second-order valence-electron chi connectivity index (χ2n) is 4.60. The number of carboxylic acid groups (broad SMARTS) is 1. The summed E-state index contributed by atoms with van der Waals surface area (Å²) in [7, 11) is 1.46. The summed E-state index contributed by atoms with van der Waals surface area (Å²) in [5, 5.41) is 11.3. The number of carboxylic acids is 1. The molecule has 1 aromatic carbocycles. The molecule has 0 aliphatic carbocycles. The largest absolute Gasteiger partial charge is 1.00 e. The summed E-state index contributed by atoms with van der Waals surface area (Å²) in [6.45, 7) is 3.77. The summed E-state index contributed by atoms with van der Waals surface area (Å²) in [6.07, 6.45) is -0.431. The van der Waals surface area contributed by atoms with Crippen LogP contribution in [0.25, 0.3) is 11.0 Å². The van der Waals surface area contributed by atoms with Crippen LogP contribution in [0.2, 0.25) is 0 Å². The van der Waals surface area contributed by atoms with Crippen molar-refractivity contribution < 1.29 is 53.4 Å². The number of carbonyl (C=O) groups excluding carboxylic acids is 2. The maximum atomic E-state index is 12.1. The van der Waals surface area contributed by atoms with Crippen molar-refractivity contribution in [3.63, 3.8) is 0 Å². The summed E-state index contributed by atoms with van der Waals surface area (Å²) in [5.74, 6) is -0.442. The molecule has 0 N–H and O–H groups in total. The summed E-state index contributed by atoms with van der Waals surface area (Å²) < 4.78 is 10.9. The Kier molecular flexibility index (Phi) is 6.01. The normalized spacial score (nSPS) is 10.2. The van der Waals surface area contributed by atoms with E-state index in [2.05, 4.69) is 0 Å². The number of furan rings is 1. The average molecular weight is 298 g/mol. The van der Waals surface area contributed by atoms with Crippen molar-refractivity contribution in [1.82, 2.24) is 0 Å². The topological polar surface area (TPSA) is 79.6 Å². The number of carbonyl (C=O) groups is 2. The summed E-state index contributed by atoms with van der Waals surface area (Å²) in [5.41, 5.74) is 1.84. The molecule has 0 spiro atoms. The molecule has 2 rings (SSSR count). The Hall–Kier alpha value is -1.30. The van der Waals surface area contributed by atoms with E-state index in [0.29, 0.717) is 16.9 Å². The third kappa shape index (κ3) is 3.48. The van der Waals surface area contributed by atoms with Crippen molar-refractivity contribution >= 4 is 22.7 Å². The van der Waals surface area contributed by atoms with E-state index >= 15 is 0 Å². The maximum absolute atomic E-state index is 12.1. The first kappa shape index (κ1) is 17.8. The molecule has 6 heteroatoms. The molecule has 2 aromatic rings. The van der Waals surface area contributed by atoms with Gasteiger partial charge >= 0.3 is 29.6 Å². The van der Waals surface area contributed by atoms with Gasteiger partial charge in [0.2, 0.25) is 0 Å². The minimum Gasteiger partial charge on any atom is -0.550 e. The van der Waals surface area contributed by atoms with E-state index in [1.54, 1.807) is 12.1 Å². The van der Waals surface area contributed by atoms with Gasteiger partial charge in [-0.15, -0.1) is 0 Å². The standard InChI is InChI=1S/C15H16O5.Na/c1-8-9(2)20-15-10(8)4-5-11(14(15)19-3)12(16)6-7-13(17)18;/h4-5H,6-7H2,1-3H3,(H,17,18);/q;+1/p-1. The van der Waals surface area contributed by atoms with E-state index in [1.165, 1.54) is 7.11 Å². The number of ether oxygens (including phenoxy) is 1. The molecular weight excluding hydrogens is 283 g/mol. The Morgan fingerprint density at radius 1 is 1.24 bits per heavy atom. The van der Waals surface area contributed by atoms with E-state index in [1.807, 2.05) is 13.8 Å². The number of aliphatic carboxylic acids is 1. The van der Waals surface area contributed by atoms with Crippen LogP contribution in [-0.4, -0.2) is 18.9 Å². The van der Waals surface area contributed by atoms with Crippen molar-refractivity contribution in [2.75, 3.05) is 7.11 Å². The first-order valence-electron chi connectivity index (χ1n) is 6.25. The van der Waals surface area contributed by atoms with Crippen LogP contribution in [0.1, 0.15) is 34.5 Å². The molecular formula is C15H15NaO5. The van der Waals surface area contributed by atoms with Crippen molar-refractivity contribution in [3.8, 4) is 5.75 Å². The number of aryl methyl sites for hydroxylation is 2. The van der Waals surface area contributed by atoms with Gasteiger partial charge in [0, 0.05) is 17.8 Å². The molecule has 0 saturated heterocycles. The van der Waals surface area contributed by atoms with Crippen LogP contribution in [0.15, 0.2) is 16.5 Å². The molecule has 0 saturated carbocycles. The first-order valence-corrected chi connectivity index (χ1v) is 6.25. The predicted molar refractivity (Wildman–Crippen MR) is 70.8 cm³/mol. The van der Waals surface area contributed by atoms with Crippen LogP contribution in [-0.2, 0) is 4.79 Å². The number of hydrogen-bond donors (Lipinski definition) is 0. The molecule has 5 nitrogen and oxygen atoms in total. The first-order chi connectivity index (χ1) is 9.45. The fourth-order valence-electron chi connectivity index (χ4n) is 2.15. The molecule has 0 atom stereocenters. The third-order valence-corrected chi connectivity index (χ3v) is 3.36. The summed E-state index contributed by atoms with van der Waals surface area (Å²) >= 11 is 0. The van der Waals surface area contributed by atoms with Gasteiger partial charge in [-0.05, 0) is 38.0 Å². The molecule has 1 aromatic heterocycles. The molecule has 0 aliphatic heterocycles. The number of hydrogen-bond acceptors (Lipinski definition) is 5. The number of rotatable bonds is 5. The number of methoxy groups -OCH3 is 1. The fraction of sp³-hybridized carbons (Fsp3) is 0.333. The van der Waals surface area contributed by atoms with E-state index < -0.39 is 5.97 Å². The van der Waals surface area contributed by atoms with Gasteiger partial charge in [0.05, 0.1) is 12.7 Å². The zero-order valence-corrected chi connectivity index (χ0v) is 14.6. The Morgan fingerprint density at radius 2 is 1.90 bits per heavy atom. The third-order valence-electron chi connectivity index (χ3n) is 3.36. The molecule has 0 unspecified atom stereocenters. The number of fused-ring (bicyclic) bond motifs is 1. The van der Waals surface area contributed by atoms with Gasteiger partial charge in [0.15, 0.2) is 17.1 Å². The molecule has 0 radical (unpaired) electrons. The van der Waals surface area contributed by atoms with Gasteiger partial charge in [-0.1, -0.05) is 0 Å². The van der Waals surface area contributed by atoms with Crippen LogP contribution >= 0.6 is 0 Å². The summed E-state index contributed by atoms with van der Waals surface area (Å²) in [4.78, 5) is 22.5. The zero-order chi connectivity index (χ0) is 14.9. The quantitative estimate of drug-likeness (QED) is 0.510. The maximum Gasteiger partial charge on any atom is 1.00 e. The Balaban J connectivity index is 0.00000220. The zero-order valence-electron chi connectivity index (χ0n) is 12.6. The van der Waals surface area contributed by atoms with E-state index in [4.69, 9.17) is 9.15 Å². The molecule has 106 valence electrons. The number of ketones is 1. The van der Waals surface area contributed by atoms with Crippen LogP contribution in [0.4, 0.5) is 0 Å². The van der Waals surface area contributed by atoms with Crippen LogP contribution in [0, 0.1) is 13.8 Å². The van der Waals surface area contributed by atoms with E-state index in [-0.39, 0.29) is 48.2 Å². The van der Waals surface area contributed by atoms with Crippen molar-refractivity contribution in [3.05, 3.63) is 29.0 Å². The molecule has 0 bridgehead atoms. The van der Waals surface area contributed by atoms with Gasteiger partial charge < -0.3 is 19.1 Å². The van der Waals surface area contributed by atoms with E-state index in [9.17, 15) is 14.7 Å². The van der Waals surface area contributed by atoms with Crippen LogP contribution in [0.5, 0.6) is 5.75 Å². The molecule has 1 heterocycles. The van der Waals surface area contributed by atoms with Crippen LogP contribution in [0.3, 0.4) is 0 Å². The average Bonchev–Trinajstić information content (AvgIpc) is 2.70. The second kappa shape index (κ2) is 7.11. The molecule has 0 amide bonds. The van der Waals surface area contributed by atoms with Gasteiger partial charge in [-0.3, -0.25) is 4.79 Å².